The Kier molecular flexibility index (Phi) is 7.72. The lowest BCUT2D eigenvalue weighted by atomic mass is 10.1. The van der Waals surface area contributed by atoms with Crippen LogP contribution in [0.3, 0.4) is 0 Å². The molecule has 0 radical (unpaired) electrons. The fraction of sp³-hybridized carbons (Fsp3) is 0.269. The first-order valence-corrected chi connectivity index (χ1v) is 11.3. The number of methoxy groups -OCH3 is 1. The van der Waals surface area contributed by atoms with Crippen LogP contribution in [0.5, 0.6) is 5.75 Å². The molecule has 176 valence electrons. The topological polar surface area (TPSA) is 86.8 Å². The van der Waals surface area contributed by atoms with Gasteiger partial charge in [-0.3, -0.25) is 19.5 Å². The second-order valence-corrected chi connectivity index (χ2v) is 8.05. The molecule has 0 saturated carbocycles. The number of para-hydroxylation sites is 1. The number of carbonyl (C=O) groups is 2. The molecule has 8 nitrogen and oxygen atoms in total. The monoisotopic (exact) mass is 459 g/mol. The minimum atomic E-state index is -0.705. The van der Waals surface area contributed by atoms with Crippen molar-refractivity contribution in [3.05, 3.63) is 84.7 Å². The van der Waals surface area contributed by atoms with E-state index in [2.05, 4.69) is 37.6 Å². The van der Waals surface area contributed by atoms with Crippen LogP contribution in [0.15, 0.2) is 79.1 Å². The Morgan fingerprint density at radius 3 is 2.32 bits per heavy atom. The molecule has 1 aromatic heterocycles. The van der Waals surface area contributed by atoms with E-state index in [9.17, 15) is 9.59 Å². The molecule has 3 aromatic rings. The molecule has 1 aliphatic rings. The van der Waals surface area contributed by atoms with Crippen molar-refractivity contribution < 1.29 is 14.3 Å². The average Bonchev–Trinajstić information content (AvgIpc) is 2.90. The standard InChI is InChI=1S/C26H29N5O3/c1-34-23-11-9-21(10-12-23)29-26(33)25(32)28-19-24(20-6-5-13-27-18-20)31-16-14-30(15-17-31)22-7-3-2-4-8-22/h2-13,18,24H,14-17,19H2,1H3,(H,28,32)(H,29,33)/t24-/m0/s1. The minimum Gasteiger partial charge on any atom is -0.497 e. The number of anilines is 2. The van der Waals surface area contributed by atoms with Gasteiger partial charge in [-0.05, 0) is 48.0 Å². The average molecular weight is 460 g/mol. The number of ether oxygens (including phenoxy) is 1. The third-order valence-electron chi connectivity index (χ3n) is 5.96. The molecule has 1 aliphatic heterocycles. The fourth-order valence-electron chi connectivity index (χ4n) is 4.09. The SMILES string of the molecule is COc1ccc(NC(=O)C(=O)NC[C@@H](c2cccnc2)N2CCN(c3ccccc3)CC2)cc1. The summed E-state index contributed by atoms with van der Waals surface area (Å²) in [6, 6.07) is 21.0. The predicted molar refractivity (Wildman–Crippen MR) is 132 cm³/mol. The third-order valence-corrected chi connectivity index (χ3v) is 5.96. The molecule has 8 heteroatoms. The van der Waals surface area contributed by atoms with E-state index in [-0.39, 0.29) is 6.04 Å². The molecule has 0 unspecified atom stereocenters. The van der Waals surface area contributed by atoms with E-state index in [1.165, 1.54) is 5.69 Å². The predicted octanol–water partition coefficient (Wildman–Crippen LogP) is 2.71. The van der Waals surface area contributed by atoms with Crippen LogP contribution in [-0.2, 0) is 9.59 Å². The van der Waals surface area contributed by atoms with Gasteiger partial charge in [-0.25, -0.2) is 0 Å². The number of nitrogens with one attached hydrogen (secondary N) is 2. The summed E-state index contributed by atoms with van der Waals surface area (Å²) >= 11 is 0. The highest BCUT2D eigenvalue weighted by Gasteiger charge is 2.26. The van der Waals surface area contributed by atoms with Crippen LogP contribution in [0.1, 0.15) is 11.6 Å². The quantitative estimate of drug-likeness (QED) is 0.529. The van der Waals surface area contributed by atoms with Crippen molar-refractivity contribution >= 4 is 23.2 Å². The van der Waals surface area contributed by atoms with E-state index in [0.29, 0.717) is 18.0 Å². The van der Waals surface area contributed by atoms with Gasteiger partial charge in [-0.2, -0.15) is 0 Å². The maximum Gasteiger partial charge on any atom is 0.313 e. The molecular formula is C26H29N5O3. The van der Waals surface area contributed by atoms with Gasteiger partial charge >= 0.3 is 11.8 Å². The van der Waals surface area contributed by atoms with Crippen molar-refractivity contribution in [2.24, 2.45) is 0 Å². The van der Waals surface area contributed by atoms with Crippen LogP contribution in [0, 0.1) is 0 Å². The number of pyridine rings is 1. The van der Waals surface area contributed by atoms with Gasteiger partial charge in [-0.15, -0.1) is 0 Å². The first-order chi connectivity index (χ1) is 16.6. The summed E-state index contributed by atoms with van der Waals surface area (Å²) in [5.41, 5.74) is 2.75. The summed E-state index contributed by atoms with van der Waals surface area (Å²) in [6.45, 7) is 3.75. The van der Waals surface area contributed by atoms with E-state index in [1.807, 2.05) is 36.5 Å². The zero-order valence-corrected chi connectivity index (χ0v) is 19.2. The molecule has 2 N–H and O–H groups in total. The normalized spacial score (nSPS) is 14.8. The van der Waals surface area contributed by atoms with Gasteiger partial charge in [0.15, 0.2) is 0 Å². The van der Waals surface area contributed by atoms with Gasteiger partial charge in [0, 0.05) is 56.5 Å². The highest BCUT2D eigenvalue weighted by atomic mass is 16.5. The van der Waals surface area contributed by atoms with Gasteiger partial charge in [-0.1, -0.05) is 24.3 Å². The van der Waals surface area contributed by atoms with E-state index in [4.69, 9.17) is 4.74 Å². The first kappa shape index (κ1) is 23.3. The molecule has 4 rings (SSSR count). The largest absolute Gasteiger partial charge is 0.497 e. The first-order valence-electron chi connectivity index (χ1n) is 11.3. The number of hydrogen-bond acceptors (Lipinski definition) is 6. The Morgan fingerprint density at radius 1 is 0.941 bits per heavy atom. The fourth-order valence-corrected chi connectivity index (χ4v) is 4.09. The maximum atomic E-state index is 12.5. The smallest absolute Gasteiger partial charge is 0.313 e. The van der Waals surface area contributed by atoms with Crippen molar-refractivity contribution in [1.82, 2.24) is 15.2 Å². The Balaban J connectivity index is 1.37. The molecular weight excluding hydrogens is 430 g/mol. The summed E-state index contributed by atoms with van der Waals surface area (Å²) in [6.07, 6.45) is 3.55. The number of aromatic nitrogens is 1. The summed E-state index contributed by atoms with van der Waals surface area (Å²) < 4.78 is 5.11. The van der Waals surface area contributed by atoms with Crippen LogP contribution >= 0.6 is 0 Å². The highest BCUT2D eigenvalue weighted by Crippen LogP contribution is 2.23. The van der Waals surface area contributed by atoms with E-state index >= 15 is 0 Å². The Hall–Kier alpha value is -3.91. The van der Waals surface area contributed by atoms with Crippen molar-refractivity contribution in [2.45, 2.75) is 6.04 Å². The second kappa shape index (κ2) is 11.3. The van der Waals surface area contributed by atoms with Crippen LogP contribution in [0.25, 0.3) is 0 Å². The van der Waals surface area contributed by atoms with Crippen molar-refractivity contribution in [3.63, 3.8) is 0 Å². The van der Waals surface area contributed by atoms with Gasteiger partial charge in [0.2, 0.25) is 0 Å². The zero-order chi connectivity index (χ0) is 23.8. The Bertz CT molecular complexity index is 1070. The van der Waals surface area contributed by atoms with Crippen molar-refractivity contribution in [2.75, 3.05) is 50.1 Å². The number of nitrogens with zero attached hydrogens (tertiary/aromatic N) is 3. The second-order valence-electron chi connectivity index (χ2n) is 8.05. The van der Waals surface area contributed by atoms with Crippen LogP contribution in [0.2, 0.25) is 0 Å². The molecule has 1 atom stereocenters. The minimum absolute atomic E-state index is 0.0793. The summed E-state index contributed by atoms with van der Waals surface area (Å²) in [7, 11) is 1.57. The molecule has 0 spiro atoms. The van der Waals surface area contributed by atoms with E-state index < -0.39 is 11.8 Å². The lowest BCUT2D eigenvalue weighted by Gasteiger charge is -2.40. The number of benzene rings is 2. The van der Waals surface area contributed by atoms with Crippen LogP contribution < -0.4 is 20.3 Å². The number of rotatable bonds is 7. The number of carbonyl (C=O) groups excluding carboxylic acids is 2. The number of amides is 2. The summed E-state index contributed by atoms with van der Waals surface area (Å²) in [5, 5.41) is 5.43. The highest BCUT2D eigenvalue weighted by molar-refractivity contribution is 6.39. The number of piperazine rings is 1. The molecule has 2 heterocycles. The molecule has 0 aliphatic carbocycles. The Morgan fingerprint density at radius 2 is 1.68 bits per heavy atom. The molecule has 2 amide bonds. The van der Waals surface area contributed by atoms with Crippen molar-refractivity contribution in [3.8, 4) is 5.75 Å². The summed E-state index contributed by atoms with van der Waals surface area (Å²) in [4.78, 5) is 33.9. The summed E-state index contributed by atoms with van der Waals surface area (Å²) in [5.74, 6) is -0.703. The lowest BCUT2D eigenvalue weighted by molar-refractivity contribution is -0.136. The molecule has 2 aromatic carbocycles. The zero-order valence-electron chi connectivity index (χ0n) is 19.2. The van der Waals surface area contributed by atoms with Crippen LogP contribution in [0.4, 0.5) is 11.4 Å². The van der Waals surface area contributed by atoms with Gasteiger partial charge in [0.05, 0.1) is 13.2 Å². The third kappa shape index (κ3) is 5.90. The lowest BCUT2D eigenvalue weighted by Crippen LogP contribution is -2.50. The van der Waals surface area contributed by atoms with Gasteiger partial charge in [0.1, 0.15) is 5.75 Å². The van der Waals surface area contributed by atoms with Gasteiger partial charge < -0.3 is 20.3 Å². The molecule has 1 saturated heterocycles. The van der Waals surface area contributed by atoms with E-state index in [0.717, 1.165) is 31.7 Å². The van der Waals surface area contributed by atoms with E-state index in [1.54, 1.807) is 37.6 Å². The van der Waals surface area contributed by atoms with Crippen LogP contribution in [-0.4, -0.2) is 61.5 Å². The maximum absolute atomic E-state index is 12.5. The molecule has 1 fully saturated rings. The Labute approximate surface area is 199 Å². The molecule has 0 bridgehead atoms. The number of hydrogen-bond donors (Lipinski definition) is 2. The van der Waals surface area contributed by atoms with Crippen molar-refractivity contribution in [1.29, 1.82) is 0 Å². The van der Waals surface area contributed by atoms with Gasteiger partial charge in [0.25, 0.3) is 0 Å². The molecule has 34 heavy (non-hydrogen) atoms.